The van der Waals surface area contributed by atoms with Gasteiger partial charge >= 0.3 is 0 Å². The molecule has 0 bridgehead atoms. The number of methoxy groups -OCH3 is 1. The number of fused-ring (bicyclic) bond motifs is 1. The third-order valence-electron chi connectivity index (χ3n) is 3.91. The van der Waals surface area contributed by atoms with Crippen LogP contribution >= 0.6 is 0 Å². The van der Waals surface area contributed by atoms with E-state index in [9.17, 15) is 0 Å². The minimum absolute atomic E-state index is 0.149. The summed E-state index contributed by atoms with van der Waals surface area (Å²) in [6.07, 6.45) is 0. The maximum Gasteiger partial charge on any atom is 0.161 e. The van der Waals surface area contributed by atoms with Gasteiger partial charge in [-0.05, 0) is 31.2 Å². The highest BCUT2D eigenvalue weighted by atomic mass is 16.6. The van der Waals surface area contributed by atoms with Crippen LogP contribution in [-0.2, 0) is 4.74 Å². The summed E-state index contributed by atoms with van der Waals surface area (Å²) in [7, 11) is 1.73. The van der Waals surface area contributed by atoms with Crippen LogP contribution in [0.3, 0.4) is 0 Å². The molecule has 0 saturated heterocycles. The van der Waals surface area contributed by atoms with Crippen molar-refractivity contribution in [3.8, 4) is 11.5 Å². The first-order valence-electron chi connectivity index (χ1n) is 7.55. The van der Waals surface area contributed by atoms with E-state index in [2.05, 4.69) is 24.8 Å². The summed E-state index contributed by atoms with van der Waals surface area (Å²) in [4.78, 5) is 2.36. The summed E-state index contributed by atoms with van der Waals surface area (Å²) in [5.41, 5.74) is 7.20. The molecular weight excluding hydrogens is 268 g/mol. The van der Waals surface area contributed by atoms with Crippen molar-refractivity contribution in [1.82, 2.24) is 4.90 Å². The highest BCUT2D eigenvalue weighted by Crippen LogP contribution is 2.34. The van der Waals surface area contributed by atoms with Crippen molar-refractivity contribution in [3.05, 3.63) is 23.8 Å². The normalized spacial score (nSPS) is 16.8. The van der Waals surface area contributed by atoms with Crippen molar-refractivity contribution in [2.24, 2.45) is 5.73 Å². The highest BCUT2D eigenvalue weighted by Gasteiger charge is 2.24. The average Bonchev–Trinajstić information content (AvgIpc) is 2.52. The number of likely N-dealkylation sites (N-methyl/N-ethyl adjacent to an activating group) is 1. The lowest BCUT2D eigenvalue weighted by Gasteiger charge is -2.35. The van der Waals surface area contributed by atoms with Crippen molar-refractivity contribution < 1.29 is 14.2 Å². The van der Waals surface area contributed by atoms with Gasteiger partial charge in [0.25, 0.3) is 0 Å². The van der Waals surface area contributed by atoms with Gasteiger partial charge in [-0.2, -0.15) is 0 Å². The Morgan fingerprint density at radius 3 is 2.62 bits per heavy atom. The monoisotopic (exact) mass is 294 g/mol. The molecule has 5 heteroatoms. The van der Waals surface area contributed by atoms with Crippen molar-refractivity contribution in [3.63, 3.8) is 0 Å². The first-order chi connectivity index (χ1) is 10.2. The molecule has 1 aromatic rings. The quantitative estimate of drug-likeness (QED) is 0.831. The molecule has 1 heterocycles. The van der Waals surface area contributed by atoms with Crippen molar-refractivity contribution in [2.45, 2.75) is 25.9 Å². The van der Waals surface area contributed by atoms with Gasteiger partial charge in [0.05, 0.1) is 6.61 Å². The predicted molar refractivity (Wildman–Crippen MR) is 82.9 cm³/mol. The number of hydrogen-bond donors (Lipinski definition) is 1. The number of ether oxygens (including phenoxy) is 3. The second kappa shape index (κ2) is 7.64. The van der Waals surface area contributed by atoms with Gasteiger partial charge in [-0.25, -0.2) is 0 Å². The lowest BCUT2D eigenvalue weighted by atomic mass is 10.0. The number of benzene rings is 1. The summed E-state index contributed by atoms with van der Waals surface area (Å²) >= 11 is 0. The second-order valence-electron chi connectivity index (χ2n) is 5.29. The van der Waals surface area contributed by atoms with Gasteiger partial charge in [-0.3, -0.25) is 4.90 Å². The number of rotatable bonds is 7. The summed E-state index contributed by atoms with van der Waals surface area (Å²) in [6, 6.07) is 6.56. The smallest absolute Gasteiger partial charge is 0.161 e. The van der Waals surface area contributed by atoms with Crippen LogP contribution in [0, 0.1) is 0 Å². The van der Waals surface area contributed by atoms with Crippen LogP contribution < -0.4 is 15.2 Å². The molecule has 2 unspecified atom stereocenters. The van der Waals surface area contributed by atoms with Crippen molar-refractivity contribution in [2.75, 3.05) is 40.0 Å². The zero-order valence-corrected chi connectivity index (χ0v) is 13.2. The molecule has 0 aromatic heterocycles. The third-order valence-corrected chi connectivity index (χ3v) is 3.91. The maximum atomic E-state index is 6.04. The Morgan fingerprint density at radius 2 is 2.00 bits per heavy atom. The van der Waals surface area contributed by atoms with E-state index < -0.39 is 0 Å². The molecule has 1 aliphatic heterocycles. The van der Waals surface area contributed by atoms with E-state index in [4.69, 9.17) is 19.9 Å². The molecule has 0 aliphatic carbocycles. The topological polar surface area (TPSA) is 57.0 Å². The Hall–Kier alpha value is -1.30. The molecule has 2 atom stereocenters. The van der Waals surface area contributed by atoms with Gasteiger partial charge < -0.3 is 19.9 Å². The lowest BCUT2D eigenvalue weighted by Crippen LogP contribution is -2.42. The van der Waals surface area contributed by atoms with E-state index in [1.54, 1.807) is 7.11 Å². The highest BCUT2D eigenvalue weighted by molar-refractivity contribution is 5.44. The zero-order valence-electron chi connectivity index (χ0n) is 13.2. The number of hydrogen-bond acceptors (Lipinski definition) is 5. The first-order valence-corrected chi connectivity index (χ1v) is 7.55. The number of nitrogens with two attached hydrogens (primary N) is 1. The molecule has 21 heavy (non-hydrogen) atoms. The third kappa shape index (κ3) is 3.67. The summed E-state index contributed by atoms with van der Waals surface area (Å²) in [5, 5.41) is 0. The molecule has 0 fully saturated rings. The molecule has 0 saturated carbocycles. The molecule has 0 amide bonds. The summed E-state index contributed by atoms with van der Waals surface area (Å²) in [6.45, 7) is 7.68. The van der Waals surface area contributed by atoms with Gasteiger partial charge in [-0.15, -0.1) is 0 Å². The van der Waals surface area contributed by atoms with E-state index in [0.717, 1.165) is 23.6 Å². The first kappa shape index (κ1) is 16.1. The molecule has 2 rings (SSSR count). The van der Waals surface area contributed by atoms with Gasteiger partial charge in [0.1, 0.15) is 13.2 Å². The van der Waals surface area contributed by atoms with Crippen LogP contribution in [-0.4, -0.2) is 51.0 Å². The Bertz CT molecular complexity index is 453. The predicted octanol–water partition coefficient (Wildman–Crippen LogP) is 1.81. The van der Waals surface area contributed by atoms with Crippen LogP contribution in [0.15, 0.2) is 18.2 Å². The lowest BCUT2D eigenvalue weighted by molar-refractivity contribution is 0.0749. The van der Waals surface area contributed by atoms with Gasteiger partial charge in [0.2, 0.25) is 0 Å². The standard InChI is InChI=1S/C16H26N2O3/c1-4-18(12(2)11-19-3)14(10-17)13-5-6-15-16(9-13)21-8-7-20-15/h5-6,9,12,14H,4,7-8,10-11,17H2,1-3H3. The van der Waals surface area contributed by atoms with E-state index in [1.807, 2.05) is 12.1 Å². The van der Waals surface area contributed by atoms with Gasteiger partial charge in [-0.1, -0.05) is 13.0 Å². The Kier molecular flexibility index (Phi) is 5.85. The average molecular weight is 294 g/mol. The maximum absolute atomic E-state index is 6.04. The molecule has 1 aromatic carbocycles. The number of nitrogens with zero attached hydrogens (tertiary/aromatic N) is 1. The summed E-state index contributed by atoms with van der Waals surface area (Å²) in [5.74, 6) is 1.63. The minimum Gasteiger partial charge on any atom is -0.486 e. The minimum atomic E-state index is 0.149. The van der Waals surface area contributed by atoms with E-state index in [0.29, 0.717) is 32.4 Å². The fraction of sp³-hybridized carbons (Fsp3) is 0.625. The largest absolute Gasteiger partial charge is 0.486 e. The molecule has 5 nitrogen and oxygen atoms in total. The van der Waals surface area contributed by atoms with E-state index in [-0.39, 0.29) is 6.04 Å². The van der Waals surface area contributed by atoms with Gasteiger partial charge in [0, 0.05) is 25.7 Å². The second-order valence-corrected chi connectivity index (χ2v) is 5.29. The molecule has 2 N–H and O–H groups in total. The van der Waals surface area contributed by atoms with E-state index in [1.165, 1.54) is 0 Å². The zero-order chi connectivity index (χ0) is 15.2. The molecule has 0 radical (unpaired) electrons. The summed E-state index contributed by atoms with van der Waals surface area (Å²) < 4.78 is 16.5. The molecular formula is C16H26N2O3. The van der Waals surface area contributed by atoms with Crippen molar-refractivity contribution >= 4 is 0 Å². The van der Waals surface area contributed by atoms with Gasteiger partial charge in [0.15, 0.2) is 11.5 Å². The van der Waals surface area contributed by atoms with Crippen LogP contribution in [0.2, 0.25) is 0 Å². The molecule has 1 aliphatic rings. The SMILES string of the molecule is CCN(C(C)COC)C(CN)c1ccc2c(c1)OCCO2. The fourth-order valence-corrected chi connectivity index (χ4v) is 2.91. The van der Waals surface area contributed by atoms with Crippen molar-refractivity contribution in [1.29, 1.82) is 0 Å². The van der Waals surface area contributed by atoms with E-state index >= 15 is 0 Å². The van der Waals surface area contributed by atoms with Crippen LogP contribution in [0.5, 0.6) is 11.5 Å². The van der Waals surface area contributed by atoms with Crippen LogP contribution in [0.25, 0.3) is 0 Å². The molecule has 118 valence electrons. The van der Waals surface area contributed by atoms with Crippen LogP contribution in [0.4, 0.5) is 0 Å². The van der Waals surface area contributed by atoms with Crippen LogP contribution in [0.1, 0.15) is 25.5 Å². The Balaban J connectivity index is 2.23. The molecule has 0 spiro atoms. The Labute approximate surface area is 127 Å². The fourth-order valence-electron chi connectivity index (χ4n) is 2.91. The Morgan fingerprint density at radius 1 is 1.29 bits per heavy atom.